The topological polar surface area (TPSA) is 20.2 Å². The lowest BCUT2D eigenvalue weighted by Gasteiger charge is -2.26. The molecule has 0 amide bonds. The van der Waals surface area contributed by atoms with Gasteiger partial charge in [0.25, 0.3) is 0 Å². The van der Waals surface area contributed by atoms with Gasteiger partial charge in [0, 0.05) is 5.92 Å². The van der Waals surface area contributed by atoms with Crippen LogP contribution in [0.5, 0.6) is 0 Å². The molecule has 0 aliphatic heterocycles. The standard InChI is InChI=1S/C15H20O/c1-12-6-5-9-14(10-12)15(16)11-13-7-3-2-4-8-13/h2-5,7-9,12,14-16H,6,10-11H2,1H3/t12-,14-,15+/m1/s1. The summed E-state index contributed by atoms with van der Waals surface area (Å²) in [7, 11) is 0. The van der Waals surface area contributed by atoms with E-state index < -0.39 is 0 Å². The molecule has 0 bridgehead atoms. The maximum atomic E-state index is 10.2. The first kappa shape index (κ1) is 11.4. The van der Waals surface area contributed by atoms with Crippen LogP contribution in [0.3, 0.4) is 0 Å². The second-order valence-electron chi connectivity index (χ2n) is 4.93. The van der Waals surface area contributed by atoms with E-state index in [1.165, 1.54) is 5.56 Å². The van der Waals surface area contributed by atoms with Crippen LogP contribution in [-0.2, 0) is 6.42 Å². The van der Waals surface area contributed by atoms with E-state index in [2.05, 4.69) is 31.2 Å². The Kier molecular flexibility index (Phi) is 3.79. The molecule has 0 heterocycles. The van der Waals surface area contributed by atoms with E-state index in [1.54, 1.807) is 0 Å². The summed E-state index contributed by atoms with van der Waals surface area (Å²) in [4.78, 5) is 0. The van der Waals surface area contributed by atoms with Crippen molar-refractivity contribution in [2.24, 2.45) is 11.8 Å². The first-order valence-electron chi connectivity index (χ1n) is 6.14. The van der Waals surface area contributed by atoms with Crippen molar-refractivity contribution in [1.82, 2.24) is 0 Å². The zero-order valence-corrected chi connectivity index (χ0v) is 9.84. The van der Waals surface area contributed by atoms with Gasteiger partial charge < -0.3 is 5.11 Å². The molecule has 1 aromatic carbocycles. The largest absolute Gasteiger partial charge is 0.392 e. The summed E-state index contributed by atoms with van der Waals surface area (Å²) in [5, 5.41) is 10.2. The lowest BCUT2D eigenvalue weighted by Crippen LogP contribution is -2.25. The number of allylic oxidation sites excluding steroid dienone is 1. The molecule has 0 unspecified atom stereocenters. The van der Waals surface area contributed by atoms with Gasteiger partial charge in [-0.2, -0.15) is 0 Å². The average molecular weight is 216 g/mol. The molecule has 1 heteroatoms. The Morgan fingerprint density at radius 2 is 2.06 bits per heavy atom. The molecule has 0 aromatic heterocycles. The lowest BCUT2D eigenvalue weighted by atomic mass is 9.83. The predicted octanol–water partition coefficient (Wildman–Crippen LogP) is 3.19. The van der Waals surface area contributed by atoms with Gasteiger partial charge >= 0.3 is 0 Å². The minimum absolute atomic E-state index is 0.235. The van der Waals surface area contributed by atoms with Gasteiger partial charge in [0.1, 0.15) is 0 Å². The highest BCUT2D eigenvalue weighted by atomic mass is 16.3. The van der Waals surface area contributed by atoms with Gasteiger partial charge in [0.15, 0.2) is 0 Å². The van der Waals surface area contributed by atoms with Crippen LogP contribution in [0, 0.1) is 11.8 Å². The van der Waals surface area contributed by atoms with Crippen molar-refractivity contribution in [1.29, 1.82) is 0 Å². The lowest BCUT2D eigenvalue weighted by molar-refractivity contribution is 0.114. The molecule has 0 radical (unpaired) electrons. The third kappa shape index (κ3) is 2.96. The molecule has 1 aliphatic carbocycles. The van der Waals surface area contributed by atoms with Gasteiger partial charge in [0.2, 0.25) is 0 Å². The molecule has 2 rings (SSSR count). The Hall–Kier alpha value is -1.08. The van der Waals surface area contributed by atoms with E-state index in [1.807, 2.05) is 18.2 Å². The maximum absolute atomic E-state index is 10.2. The van der Waals surface area contributed by atoms with Crippen molar-refractivity contribution >= 4 is 0 Å². The Labute approximate surface area is 97.8 Å². The smallest absolute Gasteiger partial charge is 0.0643 e. The van der Waals surface area contributed by atoms with Crippen molar-refractivity contribution < 1.29 is 5.11 Å². The highest BCUT2D eigenvalue weighted by Crippen LogP contribution is 2.26. The molecule has 0 fully saturated rings. The Bertz CT molecular complexity index is 342. The van der Waals surface area contributed by atoms with E-state index in [9.17, 15) is 5.11 Å². The van der Waals surface area contributed by atoms with Crippen LogP contribution in [0.25, 0.3) is 0 Å². The summed E-state index contributed by atoms with van der Waals surface area (Å²) in [5.74, 6) is 1.05. The number of hydrogen-bond donors (Lipinski definition) is 1. The van der Waals surface area contributed by atoms with E-state index in [4.69, 9.17) is 0 Å². The number of benzene rings is 1. The van der Waals surface area contributed by atoms with Crippen LogP contribution in [0.15, 0.2) is 42.5 Å². The van der Waals surface area contributed by atoms with Crippen molar-refractivity contribution in [3.05, 3.63) is 48.0 Å². The molecular weight excluding hydrogens is 196 g/mol. The van der Waals surface area contributed by atoms with Crippen LogP contribution in [0.2, 0.25) is 0 Å². The molecule has 16 heavy (non-hydrogen) atoms. The minimum Gasteiger partial charge on any atom is -0.392 e. The summed E-state index contributed by atoms with van der Waals surface area (Å²) in [6, 6.07) is 10.2. The second-order valence-corrected chi connectivity index (χ2v) is 4.93. The van der Waals surface area contributed by atoms with Crippen molar-refractivity contribution in [2.45, 2.75) is 32.3 Å². The maximum Gasteiger partial charge on any atom is 0.0643 e. The SMILES string of the molecule is C[C@@H]1CC=C[C@@H]([C@@H](O)Cc2ccccc2)C1. The third-order valence-corrected chi connectivity index (χ3v) is 3.38. The quantitative estimate of drug-likeness (QED) is 0.769. The van der Waals surface area contributed by atoms with Gasteiger partial charge in [-0.1, -0.05) is 49.4 Å². The predicted molar refractivity (Wildman–Crippen MR) is 67.2 cm³/mol. The van der Waals surface area contributed by atoms with Crippen LogP contribution >= 0.6 is 0 Å². The molecule has 0 saturated carbocycles. The summed E-state index contributed by atoms with van der Waals surface area (Å²) in [5.41, 5.74) is 1.22. The second kappa shape index (κ2) is 5.31. The van der Waals surface area contributed by atoms with Crippen LogP contribution in [-0.4, -0.2) is 11.2 Å². The molecule has 1 nitrogen and oxygen atoms in total. The first-order chi connectivity index (χ1) is 7.75. The van der Waals surface area contributed by atoms with E-state index in [-0.39, 0.29) is 6.10 Å². The number of aliphatic hydroxyl groups excluding tert-OH is 1. The number of hydrogen-bond acceptors (Lipinski definition) is 1. The van der Waals surface area contributed by atoms with E-state index >= 15 is 0 Å². The Morgan fingerprint density at radius 3 is 2.75 bits per heavy atom. The Morgan fingerprint density at radius 1 is 1.31 bits per heavy atom. The average Bonchev–Trinajstić information content (AvgIpc) is 2.30. The van der Waals surface area contributed by atoms with E-state index in [0.29, 0.717) is 11.8 Å². The minimum atomic E-state index is -0.235. The highest BCUT2D eigenvalue weighted by molar-refractivity contribution is 5.16. The monoisotopic (exact) mass is 216 g/mol. The van der Waals surface area contributed by atoms with Gasteiger partial charge in [-0.25, -0.2) is 0 Å². The Balaban J connectivity index is 1.95. The molecular formula is C15H20O. The zero-order valence-electron chi connectivity index (χ0n) is 9.84. The molecule has 1 aliphatic rings. The van der Waals surface area contributed by atoms with Gasteiger partial charge in [0.05, 0.1) is 6.10 Å². The van der Waals surface area contributed by atoms with Crippen LogP contribution < -0.4 is 0 Å². The summed E-state index contributed by atoms with van der Waals surface area (Å²) in [6.07, 6.45) is 7.21. The highest BCUT2D eigenvalue weighted by Gasteiger charge is 2.21. The fourth-order valence-corrected chi connectivity index (χ4v) is 2.42. The summed E-state index contributed by atoms with van der Waals surface area (Å²) < 4.78 is 0. The van der Waals surface area contributed by atoms with E-state index in [0.717, 1.165) is 19.3 Å². The van der Waals surface area contributed by atoms with Gasteiger partial charge in [-0.15, -0.1) is 0 Å². The molecule has 3 atom stereocenters. The molecule has 1 aromatic rings. The fraction of sp³-hybridized carbons (Fsp3) is 0.467. The molecule has 86 valence electrons. The number of aliphatic hydroxyl groups is 1. The third-order valence-electron chi connectivity index (χ3n) is 3.38. The van der Waals surface area contributed by atoms with Crippen molar-refractivity contribution in [3.8, 4) is 0 Å². The summed E-state index contributed by atoms with van der Waals surface area (Å²) in [6.45, 7) is 2.26. The normalized spacial score (nSPS) is 26.6. The fourth-order valence-electron chi connectivity index (χ4n) is 2.42. The number of rotatable bonds is 3. The van der Waals surface area contributed by atoms with Crippen LogP contribution in [0.1, 0.15) is 25.3 Å². The molecule has 0 spiro atoms. The van der Waals surface area contributed by atoms with Crippen molar-refractivity contribution in [3.63, 3.8) is 0 Å². The van der Waals surface area contributed by atoms with Gasteiger partial charge in [-0.3, -0.25) is 0 Å². The summed E-state index contributed by atoms with van der Waals surface area (Å²) >= 11 is 0. The van der Waals surface area contributed by atoms with Gasteiger partial charge in [-0.05, 0) is 30.7 Å². The molecule has 1 N–H and O–H groups in total. The van der Waals surface area contributed by atoms with Crippen molar-refractivity contribution in [2.75, 3.05) is 0 Å². The zero-order chi connectivity index (χ0) is 11.4. The first-order valence-corrected chi connectivity index (χ1v) is 6.14. The molecule has 0 saturated heterocycles. The van der Waals surface area contributed by atoms with Crippen LogP contribution in [0.4, 0.5) is 0 Å².